The molecule has 0 heterocycles. The molecular formula is C17H15ClN2O3. The van der Waals surface area contributed by atoms with Crippen LogP contribution in [0.2, 0.25) is 5.02 Å². The molecule has 2 rings (SSSR count). The van der Waals surface area contributed by atoms with Gasteiger partial charge < -0.3 is 5.32 Å². The minimum atomic E-state index is -0.560. The Hall–Kier alpha value is -2.66. The lowest BCUT2D eigenvalue weighted by atomic mass is 10.1. The average Bonchev–Trinajstić information content (AvgIpc) is 2.45. The summed E-state index contributed by atoms with van der Waals surface area (Å²) in [5, 5.41) is 13.7. The largest absolute Gasteiger partial charge is 0.322 e. The number of benzene rings is 2. The maximum absolute atomic E-state index is 11.9. The Balaban J connectivity index is 2.12. The predicted molar refractivity (Wildman–Crippen MR) is 91.7 cm³/mol. The van der Waals surface area contributed by atoms with Crippen LogP contribution >= 0.6 is 11.6 Å². The van der Waals surface area contributed by atoms with Crippen LogP contribution in [0, 0.1) is 24.0 Å². The number of rotatable bonds is 4. The van der Waals surface area contributed by atoms with Crippen molar-refractivity contribution in [3.05, 3.63) is 74.3 Å². The fourth-order valence-corrected chi connectivity index (χ4v) is 2.36. The fraction of sp³-hybridized carbons (Fsp3) is 0.118. The number of aryl methyl sites for hydroxylation is 2. The van der Waals surface area contributed by atoms with Crippen LogP contribution in [0.5, 0.6) is 0 Å². The van der Waals surface area contributed by atoms with Crippen molar-refractivity contribution in [2.45, 2.75) is 13.8 Å². The predicted octanol–water partition coefficient (Wildman–Crippen LogP) is 4.52. The van der Waals surface area contributed by atoms with Gasteiger partial charge in [0.25, 0.3) is 5.69 Å². The van der Waals surface area contributed by atoms with Gasteiger partial charge in [-0.15, -0.1) is 0 Å². The number of halogens is 1. The summed E-state index contributed by atoms with van der Waals surface area (Å²) >= 11 is 5.75. The molecule has 0 aliphatic carbocycles. The molecule has 2 aromatic rings. The summed E-state index contributed by atoms with van der Waals surface area (Å²) in [6, 6.07) is 10.1. The molecule has 0 radical (unpaired) electrons. The smallest absolute Gasteiger partial charge is 0.288 e. The van der Waals surface area contributed by atoms with E-state index < -0.39 is 4.92 Å². The van der Waals surface area contributed by atoms with Crippen LogP contribution < -0.4 is 5.32 Å². The van der Waals surface area contributed by atoms with Gasteiger partial charge in [-0.05, 0) is 54.8 Å². The molecule has 0 unspecified atom stereocenters. The van der Waals surface area contributed by atoms with Gasteiger partial charge in [-0.2, -0.15) is 0 Å². The zero-order valence-corrected chi connectivity index (χ0v) is 13.4. The number of carbonyl (C=O) groups excluding carboxylic acids is 1. The van der Waals surface area contributed by atoms with Crippen LogP contribution in [0.4, 0.5) is 11.4 Å². The lowest BCUT2D eigenvalue weighted by molar-refractivity contribution is -0.384. The van der Waals surface area contributed by atoms with E-state index in [0.717, 1.165) is 11.1 Å². The van der Waals surface area contributed by atoms with Gasteiger partial charge in [0, 0.05) is 17.8 Å². The molecule has 0 aromatic heterocycles. The first kappa shape index (κ1) is 16.7. The molecule has 5 nitrogen and oxygen atoms in total. The number of anilines is 1. The molecule has 0 saturated heterocycles. The van der Waals surface area contributed by atoms with Gasteiger partial charge in [-0.3, -0.25) is 14.9 Å². The molecule has 1 N–H and O–H groups in total. The maximum atomic E-state index is 11.9. The van der Waals surface area contributed by atoms with Crippen LogP contribution in [0.25, 0.3) is 6.08 Å². The van der Waals surface area contributed by atoms with E-state index in [1.54, 1.807) is 6.07 Å². The molecule has 0 spiro atoms. The molecule has 0 saturated carbocycles. The highest BCUT2D eigenvalue weighted by atomic mass is 35.5. The lowest BCUT2D eigenvalue weighted by Crippen LogP contribution is -2.08. The number of hydrogen-bond donors (Lipinski definition) is 1. The van der Waals surface area contributed by atoms with Gasteiger partial charge in [-0.1, -0.05) is 23.7 Å². The summed E-state index contributed by atoms with van der Waals surface area (Å²) < 4.78 is 0. The quantitative estimate of drug-likeness (QED) is 0.509. The summed E-state index contributed by atoms with van der Waals surface area (Å²) in [6.07, 6.45) is 2.83. The number of nitro groups is 1. The normalized spacial score (nSPS) is 10.7. The van der Waals surface area contributed by atoms with Crippen LogP contribution in [-0.4, -0.2) is 10.8 Å². The Kier molecular flexibility index (Phi) is 5.13. The van der Waals surface area contributed by atoms with Gasteiger partial charge in [0.05, 0.1) is 4.92 Å². The monoisotopic (exact) mass is 330 g/mol. The molecule has 23 heavy (non-hydrogen) atoms. The first-order chi connectivity index (χ1) is 10.8. The van der Waals surface area contributed by atoms with E-state index in [4.69, 9.17) is 11.6 Å². The molecule has 6 heteroatoms. The summed E-state index contributed by atoms with van der Waals surface area (Å²) in [5.41, 5.74) is 3.15. The summed E-state index contributed by atoms with van der Waals surface area (Å²) in [4.78, 5) is 22.2. The van der Waals surface area contributed by atoms with Crippen molar-refractivity contribution >= 4 is 35.0 Å². The molecule has 118 valence electrons. The highest BCUT2D eigenvalue weighted by Crippen LogP contribution is 2.25. The van der Waals surface area contributed by atoms with Crippen LogP contribution in [-0.2, 0) is 4.79 Å². The molecule has 0 aliphatic heterocycles. The third-order valence-electron chi connectivity index (χ3n) is 3.08. The van der Waals surface area contributed by atoms with Gasteiger partial charge in [0.2, 0.25) is 5.91 Å². The number of nitrogens with one attached hydrogen (secondary N) is 1. The van der Waals surface area contributed by atoms with Crippen molar-refractivity contribution in [2.75, 3.05) is 5.32 Å². The Morgan fingerprint density at radius 3 is 2.43 bits per heavy atom. The van der Waals surface area contributed by atoms with Crippen molar-refractivity contribution in [1.29, 1.82) is 0 Å². The first-order valence-electron chi connectivity index (χ1n) is 6.86. The zero-order valence-electron chi connectivity index (χ0n) is 12.7. The van der Waals surface area contributed by atoms with E-state index in [1.165, 1.54) is 24.3 Å². The maximum Gasteiger partial charge on any atom is 0.288 e. The van der Waals surface area contributed by atoms with Crippen LogP contribution in [0.3, 0.4) is 0 Å². The van der Waals surface area contributed by atoms with Crippen molar-refractivity contribution < 1.29 is 9.72 Å². The first-order valence-corrected chi connectivity index (χ1v) is 7.24. The van der Waals surface area contributed by atoms with E-state index in [9.17, 15) is 14.9 Å². The molecule has 0 aliphatic rings. The van der Waals surface area contributed by atoms with Crippen molar-refractivity contribution in [3.63, 3.8) is 0 Å². The SMILES string of the molecule is Cc1cc(C)cc(NC(=O)/C=C/c2ccc(Cl)c([N+](=O)[O-])c2)c1. The van der Waals surface area contributed by atoms with Crippen molar-refractivity contribution in [1.82, 2.24) is 0 Å². The molecule has 0 atom stereocenters. The van der Waals surface area contributed by atoms with Gasteiger partial charge in [0.1, 0.15) is 5.02 Å². The molecule has 0 bridgehead atoms. The second-order valence-corrected chi connectivity index (χ2v) is 5.57. The number of nitrogens with zero attached hydrogens (tertiary/aromatic N) is 1. The van der Waals surface area contributed by atoms with Gasteiger partial charge in [0.15, 0.2) is 0 Å². The van der Waals surface area contributed by atoms with E-state index in [0.29, 0.717) is 11.3 Å². The molecule has 0 fully saturated rings. The van der Waals surface area contributed by atoms with Gasteiger partial charge >= 0.3 is 0 Å². The van der Waals surface area contributed by atoms with E-state index in [-0.39, 0.29) is 16.6 Å². The number of amides is 1. The Labute approximate surface area is 138 Å². The second-order valence-electron chi connectivity index (χ2n) is 5.17. The topological polar surface area (TPSA) is 72.2 Å². The molecule has 2 aromatic carbocycles. The number of carbonyl (C=O) groups is 1. The Morgan fingerprint density at radius 1 is 1.17 bits per heavy atom. The zero-order chi connectivity index (χ0) is 17.0. The number of nitro benzene ring substituents is 1. The molecular weight excluding hydrogens is 316 g/mol. The summed E-state index contributed by atoms with van der Waals surface area (Å²) in [6.45, 7) is 3.90. The highest BCUT2D eigenvalue weighted by molar-refractivity contribution is 6.32. The standard InChI is InChI=1S/C17H15ClN2O3/c1-11-7-12(2)9-14(8-11)19-17(21)6-4-13-3-5-15(18)16(10-13)20(22)23/h3-10H,1-2H3,(H,19,21)/b6-4+. The second kappa shape index (κ2) is 7.07. The van der Waals surface area contributed by atoms with Crippen molar-refractivity contribution in [2.24, 2.45) is 0 Å². The summed E-state index contributed by atoms with van der Waals surface area (Å²) in [5.74, 6) is -0.312. The van der Waals surface area contributed by atoms with Crippen molar-refractivity contribution in [3.8, 4) is 0 Å². The Morgan fingerprint density at radius 2 is 1.83 bits per heavy atom. The lowest BCUT2D eigenvalue weighted by Gasteiger charge is -2.05. The average molecular weight is 331 g/mol. The highest BCUT2D eigenvalue weighted by Gasteiger charge is 2.11. The Bertz CT molecular complexity index is 780. The van der Waals surface area contributed by atoms with Crippen LogP contribution in [0.1, 0.15) is 16.7 Å². The van der Waals surface area contributed by atoms with Gasteiger partial charge in [-0.25, -0.2) is 0 Å². The minimum absolute atomic E-state index is 0.0619. The van der Waals surface area contributed by atoms with E-state index >= 15 is 0 Å². The third kappa shape index (κ3) is 4.66. The third-order valence-corrected chi connectivity index (χ3v) is 3.40. The van der Waals surface area contributed by atoms with E-state index in [2.05, 4.69) is 5.32 Å². The van der Waals surface area contributed by atoms with E-state index in [1.807, 2.05) is 32.0 Å². The fourth-order valence-electron chi connectivity index (χ4n) is 2.18. The summed E-state index contributed by atoms with van der Waals surface area (Å²) in [7, 11) is 0. The number of hydrogen-bond acceptors (Lipinski definition) is 3. The molecule has 1 amide bonds. The van der Waals surface area contributed by atoms with Crippen LogP contribution in [0.15, 0.2) is 42.5 Å². The minimum Gasteiger partial charge on any atom is -0.322 e.